The van der Waals surface area contributed by atoms with Crippen LogP contribution in [0.15, 0.2) is 46.4 Å². The molecule has 0 heterocycles. The normalized spacial score (nSPS) is 11.4. The zero-order valence-electron chi connectivity index (χ0n) is 11.8. The van der Waals surface area contributed by atoms with Crippen molar-refractivity contribution >= 4 is 58.4 Å². The molecular formula is C15H11Cl3N2O2S. The molecule has 0 spiro atoms. The van der Waals surface area contributed by atoms with Crippen molar-refractivity contribution in [1.82, 2.24) is 0 Å². The fourth-order valence-electron chi connectivity index (χ4n) is 1.67. The van der Waals surface area contributed by atoms with E-state index in [1.54, 1.807) is 30.3 Å². The monoisotopic (exact) mass is 388 g/mol. The molecule has 0 saturated carbocycles. The fraction of sp³-hybridized carbons (Fsp3) is 0.0667. The molecule has 2 aromatic rings. The number of hydrogen-bond acceptors (Lipinski definition) is 4. The van der Waals surface area contributed by atoms with Gasteiger partial charge in [-0.15, -0.1) is 11.8 Å². The van der Waals surface area contributed by atoms with Crippen LogP contribution in [-0.2, 0) is 4.84 Å². The van der Waals surface area contributed by atoms with Gasteiger partial charge in [0.15, 0.2) is 5.84 Å². The van der Waals surface area contributed by atoms with Gasteiger partial charge in [0.05, 0.1) is 15.6 Å². The molecule has 0 aliphatic rings. The largest absolute Gasteiger partial charge is 0.380 e. The van der Waals surface area contributed by atoms with Crippen LogP contribution < -0.4 is 5.73 Å². The lowest BCUT2D eigenvalue weighted by atomic mass is 10.2. The van der Waals surface area contributed by atoms with Crippen LogP contribution in [-0.4, -0.2) is 18.1 Å². The highest BCUT2D eigenvalue weighted by atomic mass is 35.5. The average Bonchev–Trinajstić information content (AvgIpc) is 2.52. The molecule has 0 unspecified atom stereocenters. The number of nitrogens with two attached hydrogens (primary N) is 1. The minimum Gasteiger partial charge on any atom is -0.380 e. The second-order valence-corrected chi connectivity index (χ2v) is 6.46. The first-order valence-electron chi connectivity index (χ1n) is 6.26. The number of hydrogen-bond donors (Lipinski definition) is 1. The van der Waals surface area contributed by atoms with Crippen LogP contribution in [0.25, 0.3) is 0 Å². The van der Waals surface area contributed by atoms with E-state index in [2.05, 4.69) is 5.16 Å². The lowest BCUT2D eigenvalue weighted by molar-refractivity contribution is 0.0516. The Morgan fingerprint density at radius 3 is 2.48 bits per heavy atom. The van der Waals surface area contributed by atoms with Crippen molar-refractivity contribution < 1.29 is 9.63 Å². The van der Waals surface area contributed by atoms with E-state index in [1.165, 1.54) is 17.8 Å². The number of amidine groups is 1. The summed E-state index contributed by atoms with van der Waals surface area (Å²) in [5, 5.41) is 4.64. The van der Waals surface area contributed by atoms with Crippen LogP contribution in [0.1, 0.15) is 15.9 Å². The lowest BCUT2D eigenvalue weighted by Gasteiger charge is -2.05. The second kappa shape index (κ2) is 7.93. The van der Waals surface area contributed by atoms with E-state index in [4.69, 9.17) is 45.4 Å². The zero-order valence-corrected chi connectivity index (χ0v) is 14.9. The van der Waals surface area contributed by atoms with E-state index in [9.17, 15) is 4.79 Å². The summed E-state index contributed by atoms with van der Waals surface area (Å²) in [6, 6.07) is 9.74. The van der Waals surface area contributed by atoms with Crippen molar-refractivity contribution in [2.45, 2.75) is 4.90 Å². The molecule has 120 valence electrons. The lowest BCUT2D eigenvalue weighted by Crippen LogP contribution is -2.16. The summed E-state index contributed by atoms with van der Waals surface area (Å²) < 4.78 is 0. The first-order valence-corrected chi connectivity index (χ1v) is 8.62. The summed E-state index contributed by atoms with van der Waals surface area (Å²) >= 11 is 19.3. The molecule has 0 fully saturated rings. The van der Waals surface area contributed by atoms with Crippen LogP contribution in [0.4, 0.5) is 0 Å². The zero-order chi connectivity index (χ0) is 17.0. The number of carbonyl (C=O) groups is 1. The minimum absolute atomic E-state index is 0.0443. The maximum atomic E-state index is 12.1. The Bertz CT molecular complexity index is 781. The number of halogens is 3. The maximum absolute atomic E-state index is 12.1. The summed E-state index contributed by atoms with van der Waals surface area (Å²) in [5.74, 6) is -0.754. The van der Waals surface area contributed by atoms with Crippen LogP contribution in [0.5, 0.6) is 0 Å². The fourth-order valence-corrected chi connectivity index (χ4v) is 2.81. The molecule has 0 aliphatic heterocycles. The first-order chi connectivity index (χ1) is 10.9. The van der Waals surface area contributed by atoms with E-state index in [0.717, 1.165) is 4.90 Å². The van der Waals surface area contributed by atoms with Crippen LogP contribution >= 0.6 is 46.6 Å². The first kappa shape index (κ1) is 17.9. The number of thioether (sulfide) groups is 1. The molecule has 2 N–H and O–H groups in total. The third-order valence-corrected chi connectivity index (χ3v) is 4.43. The Kier molecular flexibility index (Phi) is 6.18. The average molecular weight is 390 g/mol. The molecule has 8 heteroatoms. The van der Waals surface area contributed by atoms with Gasteiger partial charge in [-0.25, -0.2) is 4.79 Å². The molecule has 2 rings (SSSR count). The molecule has 0 bridgehead atoms. The van der Waals surface area contributed by atoms with Crippen molar-refractivity contribution in [3.8, 4) is 0 Å². The van der Waals surface area contributed by atoms with Gasteiger partial charge >= 0.3 is 5.97 Å². The Morgan fingerprint density at radius 2 is 1.83 bits per heavy atom. The number of nitrogens with zero attached hydrogens (tertiary/aromatic N) is 1. The molecule has 4 nitrogen and oxygen atoms in total. The molecule has 23 heavy (non-hydrogen) atoms. The van der Waals surface area contributed by atoms with Gasteiger partial charge in [0, 0.05) is 15.5 Å². The van der Waals surface area contributed by atoms with Gasteiger partial charge < -0.3 is 10.6 Å². The Balaban J connectivity index is 2.20. The van der Waals surface area contributed by atoms with Crippen molar-refractivity contribution in [3.05, 3.63) is 62.6 Å². The van der Waals surface area contributed by atoms with Crippen molar-refractivity contribution in [2.24, 2.45) is 10.9 Å². The summed E-state index contributed by atoms with van der Waals surface area (Å²) in [5.41, 5.74) is 6.39. The SMILES string of the molecule is CSc1ccc(Cl)c(C(=O)O/N=C(\N)c2ccc(Cl)cc2Cl)c1. The Hall–Kier alpha value is -1.40. The highest BCUT2D eigenvalue weighted by Gasteiger charge is 2.14. The third kappa shape index (κ3) is 4.54. The predicted octanol–water partition coefficient (Wildman–Crippen LogP) is 4.85. The number of rotatable bonds is 4. The summed E-state index contributed by atoms with van der Waals surface area (Å²) in [6.45, 7) is 0. The van der Waals surface area contributed by atoms with Crippen molar-refractivity contribution in [1.29, 1.82) is 0 Å². The maximum Gasteiger partial charge on any atom is 0.367 e. The van der Waals surface area contributed by atoms with E-state index in [-0.39, 0.29) is 16.4 Å². The smallest absolute Gasteiger partial charge is 0.367 e. The van der Waals surface area contributed by atoms with Crippen LogP contribution in [0.3, 0.4) is 0 Å². The summed E-state index contributed by atoms with van der Waals surface area (Å²) in [4.78, 5) is 17.8. The van der Waals surface area contributed by atoms with Crippen molar-refractivity contribution in [3.63, 3.8) is 0 Å². The molecular weight excluding hydrogens is 379 g/mol. The van der Waals surface area contributed by atoms with E-state index in [1.807, 2.05) is 6.26 Å². The Labute approximate surface area is 152 Å². The van der Waals surface area contributed by atoms with Gasteiger partial charge in [-0.05, 0) is 42.7 Å². The second-order valence-electron chi connectivity index (χ2n) is 4.33. The molecule has 0 radical (unpaired) electrons. The molecule has 0 amide bonds. The van der Waals surface area contributed by atoms with E-state index in [0.29, 0.717) is 15.6 Å². The van der Waals surface area contributed by atoms with E-state index < -0.39 is 5.97 Å². The molecule has 0 aliphatic carbocycles. The third-order valence-electron chi connectivity index (χ3n) is 2.83. The standard InChI is InChI=1S/C15H11Cl3N2O2S/c1-23-9-3-5-12(17)11(7-9)15(21)22-20-14(19)10-4-2-8(16)6-13(10)18/h2-7H,1H3,(H2,19,20). The topological polar surface area (TPSA) is 64.7 Å². The number of carbonyl (C=O) groups excluding carboxylic acids is 1. The quantitative estimate of drug-likeness (QED) is 0.267. The van der Waals surface area contributed by atoms with Gasteiger partial charge in [-0.3, -0.25) is 0 Å². The molecule has 0 aromatic heterocycles. The highest BCUT2D eigenvalue weighted by Crippen LogP contribution is 2.24. The summed E-state index contributed by atoms with van der Waals surface area (Å²) in [6.07, 6.45) is 1.89. The van der Waals surface area contributed by atoms with Crippen LogP contribution in [0, 0.1) is 0 Å². The highest BCUT2D eigenvalue weighted by molar-refractivity contribution is 7.98. The van der Waals surface area contributed by atoms with Gasteiger partial charge in [-0.1, -0.05) is 40.0 Å². The summed E-state index contributed by atoms with van der Waals surface area (Å²) in [7, 11) is 0. The van der Waals surface area contributed by atoms with Gasteiger partial charge in [-0.2, -0.15) is 0 Å². The molecule has 0 saturated heterocycles. The van der Waals surface area contributed by atoms with Gasteiger partial charge in [0.2, 0.25) is 0 Å². The molecule has 2 aromatic carbocycles. The predicted molar refractivity (Wildman–Crippen MR) is 95.8 cm³/mol. The van der Waals surface area contributed by atoms with Crippen LogP contribution in [0.2, 0.25) is 15.1 Å². The minimum atomic E-state index is -0.709. The van der Waals surface area contributed by atoms with E-state index >= 15 is 0 Å². The van der Waals surface area contributed by atoms with Gasteiger partial charge in [0.1, 0.15) is 0 Å². The van der Waals surface area contributed by atoms with Gasteiger partial charge in [0.25, 0.3) is 0 Å². The molecule has 0 atom stereocenters. The Morgan fingerprint density at radius 1 is 1.09 bits per heavy atom. The number of benzene rings is 2. The van der Waals surface area contributed by atoms with Crippen molar-refractivity contribution in [2.75, 3.05) is 6.26 Å². The number of oxime groups is 1.